The van der Waals surface area contributed by atoms with E-state index in [1.807, 2.05) is 66.7 Å². The average molecular weight is 373 g/mol. The molecule has 0 aromatic heterocycles. The van der Waals surface area contributed by atoms with Crippen LogP contribution < -0.4 is 0 Å². The van der Waals surface area contributed by atoms with Crippen LogP contribution in [0.25, 0.3) is 0 Å². The highest BCUT2D eigenvalue weighted by atomic mass is 32.3. The van der Waals surface area contributed by atoms with E-state index >= 15 is 0 Å². The highest BCUT2D eigenvalue weighted by molar-refractivity contribution is 8.29. The van der Waals surface area contributed by atoms with Crippen LogP contribution in [-0.4, -0.2) is 12.3 Å². The van der Waals surface area contributed by atoms with E-state index in [-0.39, 0.29) is 0 Å². The predicted octanol–water partition coefficient (Wildman–Crippen LogP) is 5.33. The molecule has 3 aromatic carbocycles. The summed E-state index contributed by atoms with van der Waals surface area (Å²) in [6, 6.07) is 27.9. The molecule has 0 radical (unpaired) electrons. The smallest absolute Gasteiger partial charge is 0.200 e. The van der Waals surface area contributed by atoms with Crippen LogP contribution in [0.1, 0.15) is 0 Å². The maximum absolute atomic E-state index is 13.1. The maximum atomic E-state index is 13.1. The Labute approximate surface area is 151 Å². The number of rotatable bonds is 6. The van der Waals surface area contributed by atoms with Crippen LogP contribution in [0, 0.1) is 0 Å². The van der Waals surface area contributed by atoms with Crippen LogP contribution in [0.3, 0.4) is 0 Å². The molecule has 0 N–H and O–H groups in total. The first-order chi connectivity index (χ1) is 11.7. The van der Waals surface area contributed by atoms with E-state index in [1.165, 1.54) is 23.5 Å². The first-order valence-electron chi connectivity index (χ1n) is 7.38. The highest BCUT2D eigenvalue weighted by Crippen LogP contribution is 2.41. The lowest BCUT2D eigenvalue weighted by molar-refractivity contribution is 0.599. The van der Waals surface area contributed by atoms with Crippen LogP contribution in [-0.2, 0) is 9.84 Å². The van der Waals surface area contributed by atoms with E-state index in [0.29, 0.717) is 4.90 Å². The Morgan fingerprint density at radius 2 is 0.958 bits per heavy atom. The van der Waals surface area contributed by atoms with E-state index in [4.69, 9.17) is 0 Å². The minimum atomic E-state index is -3.47. The van der Waals surface area contributed by atoms with Crippen LogP contribution in [0.2, 0.25) is 0 Å². The molecule has 3 rings (SSSR count). The third-order valence-corrected chi connectivity index (χ3v) is 8.86. The molecule has 0 aliphatic carbocycles. The molecule has 0 atom stereocenters. The van der Waals surface area contributed by atoms with Crippen LogP contribution in [0.5, 0.6) is 0 Å². The molecule has 122 valence electrons. The number of hydrogen-bond acceptors (Lipinski definition) is 4. The topological polar surface area (TPSA) is 34.1 Å². The minimum absolute atomic E-state index is 0.349. The van der Waals surface area contributed by atoms with Gasteiger partial charge in [-0.05, 0) is 36.4 Å². The molecule has 0 heterocycles. The van der Waals surface area contributed by atoms with Gasteiger partial charge in [0.15, 0.2) is 3.91 Å². The molecule has 0 bridgehead atoms. The molecule has 24 heavy (non-hydrogen) atoms. The van der Waals surface area contributed by atoms with Crippen molar-refractivity contribution >= 4 is 33.4 Å². The van der Waals surface area contributed by atoms with Crippen molar-refractivity contribution in [1.29, 1.82) is 0 Å². The second-order valence-electron chi connectivity index (χ2n) is 5.01. The summed E-state index contributed by atoms with van der Waals surface area (Å²) >= 11 is 2.72. The molecule has 0 aliphatic rings. The van der Waals surface area contributed by atoms with Gasteiger partial charge < -0.3 is 0 Å². The van der Waals surface area contributed by atoms with Crippen molar-refractivity contribution in [2.45, 2.75) is 18.6 Å². The monoisotopic (exact) mass is 372 g/mol. The normalized spacial score (nSPS) is 11.5. The summed E-state index contributed by atoms with van der Waals surface area (Å²) in [5, 5.41) is 0. The summed E-state index contributed by atoms with van der Waals surface area (Å²) in [6.07, 6.45) is 0. The van der Waals surface area contributed by atoms with Crippen molar-refractivity contribution < 1.29 is 8.42 Å². The number of thioether (sulfide) groups is 2. The zero-order chi connectivity index (χ0) is 16.8. The second-order valence-corrected chi connectivity index (χ2v) is 10.3. The SMILES string of the molecule is O=S(=O)(c1ccccc1)C(Sc1ccccc1)Sc1ccccc1. The van der Waals surface area contributed by atoms with Gasteiger partial charge in [0.25, 0.3) is 0 Å². The molecular formula is C19H16O2S3. The van der Waals surface area contributed by atoms with E-state index in [2.05, 4.69) is 0 Å². The summed E-state index contributed by atoms with van der Waals surface area (Å²) in [4.78, 5) is 2.22. The fourth-order valence-corrected chi connectivity index (χ4v) is 7.13. The standard InChI is InChI=1S/C19H16O2S3/c20-24(21,18-14-8-3-9-15-18)19(22-16-10-4-1-5-11-16)23-17-12-6-2-7-13-17/h1-15,19H. The third kappa shape index (κ3) is 4.23. The van der Waals surface area contributed by atoms with E-state index < -0.39 is 13.8 Å². The number of hydrogen-bond donors (Lipinski definition) is 0. The summed E-state index contributed by atoms with van der Waals surface area (Å²) in [6.45, 7) is 0. The average Bonchev–Trinajstić information content (AvgIpc) is 2.64. The number of benzene rings is 3. The van der Waals surface area contributed by atoms with Gasteiger partial charge >= 0.3 is 0 Å². The molecule has 0 unspecified atom stereocenters. The number of sulfone groups is 1. The van der Waals surface area contributed by atoms with E-state index in [1.54, 1.807) is 24.3 Å². The lowest BCUT2D eigenvalue weighted by Crippen LogP contribution is -2.14. The molecule has 3 aromatic rings. The van der Waals surface area contributed by atoms with Crippen LogP contribution in [0.4, 0.5) is 0 Å². The highest BCUT2D eigenvalue weighted by Gasteiger charge is 2.29. The molecule has 0 spiro atoms. The largest absolute Gasteiger partial charge is 0.222 e. The second kappa shape index (κ2) is 7.92. The van der Waals surface area contributed by atoms with Gasteiger partial charge in [-0.15, -0.1) is 0 Å². The van der Waals surface area contributed by atoms with E-state index in [0.717, 1.165) is 9.79 Å². The zero-order valence-corrected chi connectivity index (χ0v) is 15.2. The Bertz CT molecular complexity index is 823. The Hall–Kier alpha value is -1.69. The quantitative estimate of drug-likeness (QED) is 0.433. The molecule has 0 saturated heterocycles. The Morgan fingerprint density at radius 3 is 1.38 bits per heavy atom. The summed E-state index contributed by atoms with van der Waals surface area (Å²) in [7, 11) is -3.47. The molecule has 0 fully saturated rings. The summed E-state index contributed by atoms with van der Waals surface area (Å²) in [5.41, 5.74) is 0. The van der Waals surface area contributed by atoms with Gasteiger partial charge in [-0.1, -0.05) is 78.1 Å². The first-order valence-corrected chi connectivity index (χ1v) is 10.7. The lowest BCUT2D eigenvalue weighted by atomic mass is 10.4. The van der Waals surface area contributed by atoms with Crippen molar-refractivity contribution in [3.8, 4) is 0 Å². The van der Waals surface area contributed by atoms with Crippen LogP contribution >= 0.6 is 23.5 Å². The molecule has 5 heteroatoms. The van der Waals surface area contributed by atoms with Gasteiger partial charge in [0.05, 0.1) is 4.90 Å². The molecule has 0 saturated carbocycles. The Kier molecular flexibility index (Phi) is 5.66. The van der Waals surface area contributed by atoms with Gasteiger partial charge in [-0.25, -0.2) is 8.42 Å². The van der Waals surface area contributed by atoms with Gasteiger partial charge in [0.1, 0.15) is 0 Å². The summed E-state index contributed by atoms with van der Waals surface area (Å²) < 4.78 is 25.6. The Balaban J connectivity index is 1.95. The lowest BCUT2D eigenvalue weighted by Gasteiger charge is -2.17. The van der Waals surface area contributed by atoms with Crippen molar-refractivity contribution in [2.75, 3.05) is 0 Å². The molecule has 2 nitrogen and oxygen atoms in total. The third-order valence-electron chi connectivity index (χ3n) is 3.28. The van der Waals surface area contributed by atoms with E-state index in [9.17, 15) is 8.42 Å². The molecule has 0 amide bonds. The van der Waals surface area contributed by atoms with Gasteiger partial charge in [-0.2, -0.15) is 0 Å². The van der Waals surface area contributed by atoms with Gasteiger partial charge in [-0.3, -0.25) is 0 Å². The van der Waals surface area contributed by atoms with Crippen LogP contribution in [0.15, 0.2) is 106 Å². The fourth-order valence-electron chi connectivity index (χ4n) is 2.09. The maximum Gasteiger partial charge on any atom is 0.200 e. The van der Waals surface area contributed by atoms with Crippen molar-refractivity contribution in [3.63, 3.8) is 0 Å². The minimum Gasteiger partial charge on any atom is -0.222 e. The zero-order valence-electron chi connectivity index (χ0n) is 12.8. The fraction of sp³-hybridized carbons (Fsp3) is 0.0526. The Morgan fingerprint density at radius 1 is 0.583 bits per heavy atom. The van der Waals surface area contributed by atoms with Gasteiger partial charge in [0, 0.05) is 9.79 Å². The summed E-state index contributed by atoms with van der Waals surface area (Å²) in [5.74, 6) is 0. The van der Waals surface area contributed by atoms with Gasteiger partial charge in [0.2, 0.25) is 9.84 Å². The molecule has 0 aliphatic heterocycles. The molecular weight excluding hydrogens is 356 g/mol. The first kappa shape index (κ1) is 17.1. The van der Waals surface area contributed by atoms with Crippen molar-refractivity contribution in [3.05, 3.63) is 91.0 Å². The van der Waals surface area contributed by atoms with Crippen molar-refractivity contribution in [1.82, 2.24) is 0 Å². The predicted molar refractivity (Wildman–Crippen MR) is 102 cm³/mol. The van der Waals surface area contributed by atoms with Crippen molar-refractivity contribution in [2.24, 2.45) is 0 Å².